The Labute approximate surface area is 79.0 Å². The SMILES string of the molecule is CC(C)=N/[N+](C)=C(/C)N.[I-]. The highest BCUT2D eigenvalue weighted by molar-refractivity contribution is 5.79. The van der Waals surface area contributed by atoms with Crippen LogP contribution in [0.3, 0.4) is 0 Å². The van der Waals surface area contributed by atoms with Crippen LogP contribution < -0.4 is 29.7 Å². The molecule has 2 N–H and O–H groups in total. The van der Waals surface area contributed by atoms with Crippen LogP contribution in [0, 0.1) is 0 Å². The molecule has 0 spiro atoms. The van der Waals surface area contributed by atoms with Crippen LogP contribution in [0.2, 0.25) is 0 Å². The van der Waals surface area contributed by atoms with Gasteiger partial charge in [-0.2, -0.15) is 0 Å². The van der Waals surface area contributed by atoms with Crippen LogP contribution in [0.25, 0.3) is 0 Å². The molecule has 0 saturated carbocycles. The largest absolute Gasteiger partial charge is 1.00 e. The molecule has 10 heavy (non-hydrogen) atoms. The van der Waals surface area contributed by atoms with Crippen LogP contribution in [0.1, 0.15) is 20.8 Å². The maximum Gasteiger partial charge on any atom is 0.264 e. The third kappa shape index (κ3) is 6.00. The van der Waals surface area contributed by atoms with Crippen LogP contribution in [0.4, 0.5) is 0 Å². The Morgan fingerprint density at radius 2 is 1.70 bits per heavy atom. The highest BCUT2D eigenvalue weighted by atomic mass is 127. The molecule has 0 aromatic carbocycles. The van der Waals surface area contributed by atoms with Gasteiger partial charge in [0.25, 0.3) is 5.84 Å². The van der Waals surface area contributed by atoms with Crippen LogP contribution in [-0.4, -0.2) is 23.3 Å². The number of amidine groups is 1. The van der Waals surface area contributed by atoms with Crippen molar-refractivity contribution in [1.82, 2.24) is 0 Å². The number of hydrogen-bond acceptors (Lipinski definition) is 1. The molecular formula is C6H14IN3. The van der Waals surface area contributed by atoms with Crippen molar-refractivity contribution in [3.05, 3.63) is 0 Å². The molecule has 0 radical (unpaired) electrons. The summed E-state index contributed by atoms with van der Waals surface area (Å²) in [6, 6.07) is 0. The highest BCUT2D eigenvalue weighted by Gasteiger charge is 1.91. The van der Waals surface area contributed by atoms with Crippen molar-refractivity contribution in [2.24, 2.45) is 10.8 Å². The Morgan fingerprint density at radius 1 is 1.30 bits per heavy atom. The molecule has 4 heteroatoms. The van der Waals surface area contributed by atoms with Gasteiger partial charge in [0.05, 0.1) is 5.71 Å². The van der Waals surface area contributed by atoms with Gasteiger partial charge >= 0.3 is 0 Å². The fourth-order valence-corrected chi connectivity index (χ4v) is 0.379. The van der Waals surface area contributed by atoms with Gasteiger partial charge in [-0.25, -0.2) is 0 Å². The molecule has 0 fully saturated rings. The van der Waals surface area contributed by atoms with E-state index < -0.39 is 0 Å². The van der Waals surface area contributed by atoms with Crippen LogP contribution in [0.5, 0.6) is 0 Å². The van der Waals surface area contributed by atoms with E-state index in [-0.39, 0.29) is 24.0 Å². The van der Waals surface area contributed by atoms with Crippen molar-refractivity contribution in [3.8, 4) is 0 Å². The second-order valence-electron chi connectivity index (χ2n) is 2.21. The lowest BCUT2D eigenvalue weighted by Crippen LogP contribution is -3.00. The number of nitrogens with two attached hydrogens (primary N) is 1. The molecule has 60 valence electrons. The van der Waals surface area contributed by atoms with Gasteiger partial charge < -0.3 is 24.0 Å². The lowest BCUT2D eigenvalue weighted by molar-refractivity contribution is -0.504. The maximum absolute atomic E-state index is 5.42. The molecule has 0 aliphatic carbocycles. The minimum atomic E-state index is 0. The molecule has 0 rings (SSSR count). The van der Waals surface area contributed by atoms with Gasteiger partial charge in [-0.05, 0) is 13.8 Å². The first-order valence-corrected chi connectivity index (χ1v) is 2.88. The Hall–Kier alpha value is -0.130. The number of hydrogen-bond donors (Lipinski definition) is 1. The summed E-state index contributed by atoms with van der Waals surface area (Å²) in [6.07, 6.45) is 0. The molecule has 0 atom stereocenters. The van der Waals surface area contributed by atoms with Crippen LogP contribution >= 0.6 is 0 Å². The van der Waals surface area contributed by atoms with Crippen molar-refractivity contribution < 1.29 is 28.7 Å². The first-order chi connectivity index (χ1) is 4.04. The Kier molecular flexibility index (Phi) is 7.07. The summed E-state index contributed by atoms with van der Waals surface area (Å²) >= 11 is 0. The molecule has 0 aliphatic heterocycles. The standard InChI is InChI=1S/C6H13N3.HI/c1-5(2)8-9(4)6(3)7;/h7H,1-4H3;1H. The predicted octanol–water partition coefficient (Wildman–Crippen LogP) is -2.59. The van der Waals surface area contributed by atoms with Crippen molar-refractivity contribution in [2.45, 2.75) is 20.8 Å². The first-order valence-electron chi connectivity index (χ1n) is 2.88. The summed E-state index contributed by atoms with van der Waals surface area (Å²) < 4.78 is 1.65. The van der Waals surface area contributed by atoms with Gasteiger partial charge in [0.2, 0.25) is 0 Å². The van der Waals surface area contributed by atoms with Gasteiger partial charge in [-0.15, -0.1) is 4.68 Å². The van der Waals surface area contributed by atoms with Crippen molar-refractivity contribution in [1.29, 1.82) is 0 Å². The highest BCUT2D eigenvalue weighted by Crippen LogP contribution is 1.75. The van der Waals surface area contributed by atoms with Crippen molar-refractivity contribution in [3.63, 3.8) is 0 Å². The maximum atomic E-state index is 5.42. The molecule has 0 aromatic heterocycles. The number of rotatable bonds is 1. The van der Waals surface area contributed by atoms with Crippen molar-refractivity contribution >= 4 is 11.5 Å². The van der Waals surface area contributed by atoms with E-state index in [4.69, 9.17) is 5.73 Å². The van der Waals surface area contributed by atoms with E-state index in [9.17, 15) is 0 Å². The summed E-state index contributed by atoms with van der Waals surface area (Å²) in [5.41, 5.74) is 6.42. The Bertz CT molecular complexity index is 152. The van der Waals surface area contributed by atoms with E-state index in [0.29, 0.717) is 5.84 Å². The summed E-state index contributed by atoms with van der Waals surface area (Å²) in [5, 5.41) is 4.06. The molecular weight excluding hydrogens is 241 g/mol. The molecule has 3 nitrogen and oxygen atoms in total. The van der Waals surface area contributed by atoms with E-state index in [0.717, 1.165) is 5.71 Å². The third-order valence-corrected chi connectivity index (χ3v) is 0.860. The number of hydrazone groups is 1. The molecule has 0 aliphatic rings. The first kappa shape index (κ1) is 12.5. The second kappa shape index (κ2) is 5.64. The summed E-state index contributed by atoms with van der Waals surface area (Å²) in [5.74, 6) is 0.705. The van der Waals surface area contributed by atoms with Crippen LogP contribution in [-0.2, 0) is 0 Å². The zero-order valence-corrected chi connectivity index (χ0v) is 9.01. The quantitative estimate of drug-likeness (QED) is 0.180. The molecule has 0 amide bonds. The number of nitrogens with zero attached hydrogens (tertiary/aromatic N) is 2. The zero-order valence-electron chi connectivity index (χ0n) is 6.85. The van der Waals surface area contributed by atoms with E-state index in [1.54, 1.807) is 4.68 Å². The van der Waals surface area contributed by atoms with Gasteiger partial charge in [0.1, 0.15) is 7.05 Å². The minimum absolute atomic E-state index is 0. The smallest absolute Gasteiger partial charge is 0.264 e. The molecule has 0 bridgehead atoms. The Balaban J connectivity index is 0. The van der Waals surface area contributed by atoms with Crippen molar-refractivity contribution in [2.75, 3.05) is 7.05 Å². The normalized spacial score (nSPS) is 11.2. The molecule has 0 heterocycles. The summed E-state index contributed by atoms with van der Waals surface area (Å²) in [6.45, 7) is 5.67. The lowest BCUT2D eigenvalue weighted by atomic mass is 10.5. The minimum Gasteiger partial charge on any atom is -1.00 e. The third-order valence-electron chi connectivity index (χ3n) is 0.860. The predicted molar refractivity (Wildman–Crippen MR) is 39.8 cm³/mol. The lowest BCUT2D eigenvalue weighted by Gasteiger charge is -1.91. The molecule has 0 unspecified atom stereocenters. The average Bonchev–Trinajstić information content (AvgIpc) is 1.63. The monoisotopic (exact) mass is 255 g/mol. The van der Waals surface area contributed by atoms with E-state index in [2.05, 4.69) is 5.10 Å². The van der Waals surface area contributed by atoms with Gasteiger partial charge in [0.15, 0.2) is 0 Å². The fourth-order valence-electron chi connectivity index (χ4n) is 0.379. The van der Waals surface area contributed by atoms with E-state index in [1.165, 1.54) is 0 Å². The summed E-state index contributed by atoms with van der Waals surface area (Å²) in [7, 11) is 1.82. The summed E-state index contributed by atoms with van der Waals surface area (Å²) in [4.78, 5) is 0. The molecule has 0 saturated heterocycles. The van der Waals surface area contributed by atoms with Gasteiger partial charge in [0, 0.05) is 6.92 Å². The Morgan fingerprint density at radius 3 is 1.80 bits per heavy atom. The topological polar surface area (TPSA) is 41.4 Å². The van der Waals surface area contributed by atoms with Gasteiger partial charge in [-0.1, -0.05) is 5.10 Å². The zero-order chi connectivity index (χ0) is 7.44. The van der Waals surface area contributed by atoms with E-state index >= 15 is 0 Å². The number of halogens is 1. The molecule has 0 aromatic rings. The van der Waals surface area contributed by atoms with Gasteiger partial charge in [-0.3, -0.25) is 5.73 Å². The average molecular weight is 255 g/mol. The fraction of sp³-hybridized carbons (Fsp3) is 0.667. The second-order valence-corrected chi connectivity index (χ2v) is 2.21. The van der Waals surface area contributed by atoms with Crippen LogP contribution in [0.15, 0.2) is 5.10 Å². The van der Waals surface area contributed by atoms with E-state index in [1.807, 2.05) is 27.8 Å².